The van der Waals surface area contributed by atoms with E-state index in [1.807, 2.05) is 16.8 Å². The van der Waals surface area contributed by atoms with Crippen molar-refractivity contribution in [3.8, 4) is 0 Å². The van der Waals surface area contributed by atoms with E-state index in [-0.39, 0.29) is 5.91 Å². The third-order valence-corrected chi connectivity index (χ3v) is 4.10. The first-order valence-corrected chi connectivity index (χ1v) is 7.99. The van der Waals surface area contributed by atoms with Gasteiger partial charge in [-0.15, -0.1) is 5.10 Å². The van der Waals surface area contributed by atoms with Crippen LogP contribution in [-0.2, 0) is 11.3 Å². The van der Waals surface area contributed by atoms with E-state index in [0.717, 1.165) is 49.6 Å². The Labute approximate surface area is 124 Å². The molecule has 0 radical (unpaired) electrons. The fraction of sp³-hybridized carbons (Fsp3) is 0.769. The maximum atomic E-state index is 12.1. The molecular weight excluding hydrogens is 274 g/mol. The van der Waals surface area contributed by atoms with E-state index < -0.39 is 0 Å². The molecule has 2 rings (SSSR count). The molecule has 112 valence electrons. The molecule has 1 N–H and O–H groups in total. The van der Waals surface area contributed by atoms with Gasteiger partial charge in [-0.2, -0.15) is 0 Å². The van der Waals surface area contributed by atoms with Crippen LogP contribution in [0, 0.1) is 0 Å². The highest BCUT2D eigenvalue weighted by Gasteiger charge is 2.20. The number of hydrogen-bond acceptors (Lipinski definition) is 6. The molecular formula is C13H23N5OS. The van der Waals surface area contributed by atoms with Crippen LogP contribution in [0.1, 0.15) is 31.9 Å². The normalized spacial score (nSPS) is 15.1. The molecule has 1 aliphatic rings. The van der Waals surface area contributed by atoms with Crippen LogP contribution in [0.4, 0.5) is 5.00 Å². The van der Waals surface area contributed by atoms with E-state index in [1.165, 1.54) is 11.5 Å². The minimum absolute atomic E-state index is 0.219. The second-order valence-corrected chi connectivity index (χ2v) is 5.99. The van der Waals surface area contributed by atoms with Crippen LogP contribution in [0.2, 0.25) is 0 Å². The quantitative estimate of drug-likeness (QED) is 0.824. The molecule has 0 bridgehead atoms. The van der Waals surface area contributed by atoms with Crippen LogP contribution in [0.25, 0.3) is 0 Å². The van der Waals surface area contributed by atoms with Crippen molar-refractivity contribution < 1.29 is 4.79 Å². The summed E-state index contributed by atoms with van der Waals surface area (Å²) in [6, 6.07) is 0. The molecule has 0 atom stereocenters. The summed E-state index contributed by atoms with van der Waals surface area (Å²) in [5, 5.41) is 8.50. The monoisotopic (exact) mass is 297 g/mol. The van der Waals surface area contributed by atoms with Gasteiger partial charge in [0.25, 0.3) is 0 Å². The van der Waals surface area contributed by atoms with Crippen molar-refractivity contribution in [2.75, 3.05) is 38.5 Å². The third-order valence-electron chi connectivity index (χ3n) is 3.37. The van der Waals surface area contributed by atoms with Crippen molar-refractivity contribution in [2.45, 2.75) is 32.7 Å². The molecule has 6 nitrogen and oxygen atoms in total. The predicted octanol–water partition coefficient (Wildman–Crippen LogP) is 1.41. The van der Waals surface area contributed by atoms with Crippen LogP contribution in [-0.4, -0.2) is 58.5 Å². The first-order valence-electron chi connectivity index (χ1n) is 7.22. The smallest absolute Gasteiger partial charge is 0.236 e. The molecule has 1 fully saturated rings. The average Bonchev–Trinajstić information content (AvgIpc) is 3.07. The maximum Gasteiger partial charge on any atom is 0.236 e. The number of carbonyl (C=O) groups is 1. The fourth-order valence-electron chi connectivity index (χ4n) is 2.29. The standard InChI is InChI=1S/C13H23N5OS/c1-3-6-14-13-11(15-16-20-13)9-17(2)10-12(19)18-7-4-5-8-18/h14H,3-10H2,1-2H3. The maximum absolute atomic E-state index is 12.1. The van der Waals surface area contributed by atoms with E-state index >= 15 is 0 Å². The number of amides is 1. The molecule has 1 saturated heterocycles. The average molecular weight is 297 g/mol. The highest BCUT2D eigenvalue weighted by Crippen LogP contribution is 2.19. The zero-order chi connectivity index (χ0) is 14.4. The first-order chi connectivity index (χ1) is 9.70. The molecule has 0 saturated carbocycles. The zero-order valence-corrected chi connectivity index (χ0v) is 13.1. The van der Waals surface area contributed by atoms with Crippen LogP contribution in [0.15, 0.2) is 0 Å². The van der Waals surface area contributed by atoms with Gasteiger partial charge in [-0.05, 0) is 26.3 Å². The summed E-state index contributed by atoms with van der Waals surface area (Å²) in [6.45, 7) is 5.98. The van der Waals surface area contributed by atoms with E-state index in [4.69, 9.17) is 0 Å². The second kappa shape index (κ2) is 7.54. The highest BCUT2D eigenvalue weighted by molar-refractivity contribution is 7.10. The first kappa shape index (κ1) is 15.2. The van der Waals surface area contributed by atoms with Gasteiger partial charge in [0.15, 0.2) is 0 Å². The van der Waals surface area contributed by atoms with Crippen molar-refractivity contribution in [1.82, 2.24) is 19.4 Å². The largest absolute Gasteiger partial charge is 0.374 e. The molecule has 20 heavy (non-hydrogen) atoms. The Balaban J connectivity index is 1.82. The second-order valence-electron chi connectivity index (χ2n) is 5.24. The molecule has 0 aromatic carbocycles. The Hall–Kier alpha value is -1.21. The van der Waals surface area contributed by atoms with E-state index in [0.29, 0.717) is 13.1 Å². The lowest BCUT2D eigenvalue weighted by molar-refractivity contribution is -0.131. The molecule has 0 unspecified atom stereocenters. The summed E-state index contributed by atoms with van der Waals surface area (Å²) in [6.07, 6.45) is 3.34. The van der Waals surface area contributed by atoms with Gasteiger partial charge in [0.2, 0.25) is 5.91 Å². The summed E-state index contributed by atoms with van der Waals surface area (Å²) in [5.41, 5.74) is 0.931. The van der Waals surface area contributed by atoms with Crippen molar-refractivity contribution in [1.29, 1.82) is 0 Å². The van der Waals surface area contributed by atoms with Gasteiger partial charge in [-0.3, -0.25) is 9.69 Å². The zero-order valence-electron chi connectivity index (χ0n) is 12.3. The number of likely N-dealkylation sites (tertiary alicyclic amines) is 1. The number of rotatable bonds is 7. The number of nitrogens with zero attached hydrogens (tertiary/aromatic N) is 4. The lowest BCUT2D eigenvalue weighted by Crippen LogP contribution is -2.37. The van der Waals surface area contributed by atoms with Crippen LogP contribution in [0.5, 0.6) is 0 Å². The summed E-state index contributed by atoms with van der Waals surface area (Å²) in [5.74, 6) is 0.219. The van der Waals surface area contributed by atoms with Crippen molar-refractivity contribution in [2.24, 2.45) is 0 Å². The van der Waals surface area contributed by atoms with Gasteiger partial charge < -0.3 is 10.2 Å². The molecule has 1 aromatic rings. The molecule has 1 aliphatic heterocycles. The minimum Gasteiger partial charge on any atom is -0.374 e. The predicted molar refractivity (Wildman–Crippen MR) is 80.8 cm³/mol. The molecule has 0 spiro atoms. The number of nitrogens with one attached hydrogen (secondary N) is 1. The van der Waals surface area contributed by atoms with Crippen molar-refractivity contribution >= 4 is 22.4 Å². The van der Waals surface area contributed by atoms with Gasteiger partial charge >= 0.3 is 0 Å². The lowest BCUT2D eigenvalue weighted by Gasteiger charge is -2.20. The summed E-state index contributed by atoms with van der Waals surface area (Å²) in [4.78, 5) is 16.0. The topological polar surface area (TPSA) is 61.4 Å². The fourth-order valence-corrected chi connectivity index (χ4v) is 2.89. The number of aromatic nitrogens is 2. The van der Waals surface area contributed by atoms with Crippen molar-refractivity contribution in [3.05, 3.63) is 5.69 Å². The molecule has 2 heterocycles. The van der Waals surface area contributed by atoms with Gasteiger partial charge in [-0.25, -0.2) is 0 Å². The highest BCUT2D eigenvalue weighted by atomic mass is 32.1. The Morgan fingerprint density at radius 3 is 2.90 bits per heavy atom. The molecule has 1 aromatic heterocycles. The van der Waals surface area contributed by atoms with E-state index in [9.17, 15) is 4.79 Å². The molecule has 7 heteroatoms. The number of likely N-dealkylation sites (N-methyl/N-ethyl adjacent to an activating group) is 1. The van der Waals surface area contributed by atoms with Crippen LogP contribution < -0.4 is 5.32 Å². The minimum atomic E-state index is 0.219. The number of anilines is 1. The summed E-state index contributed by atoms with van der Waals surface area (Å²) < 4.78 is 3.99. The Bertz CT molecular complexity index is 430. The van der Waals surface area contributed by atoms with Gasteiger partial charge in [0.05, 0.1) is 6.54 Å². The Morgan fingerprint density at radius 1 is 1.45 bits per heavy atom. The van der Waals surface area contributed by atoms with Crippen molar-refractivity contribution in [3.63, 3.8) is 0 Å². The van der Waals surface area contributed by atoms with E-state index in [2.05, 4.69) is 21.8 Å². The Kier molecular flexibility index (Phi) is 5.72. The summed E-state index contributed by atoms with van der Waals surface area (Å²) >= 11 is 1.38. The Morgan fingerprint density at radius 2 is 2.20 bits per heavy atom. The van der Waals surface area contributed by atoms with Gasteiger partial charge in [0, 0.05) is 37.7 Å². The number of hydrogen-bond donors (Lipinski definition) is 1. The van der Waals surface area contributed by atoms with Gasteiger partial charge in [-0.1, -0.05) is 11.4 Å². The third kappa shape index (κ3) is 4.14. The van der Waals surface area contributed by atoms with Gasteiger partial charge in [0.1, 0.15) is 10.7 Å². The van der Waals surface area contributed by atoms with E-state index in [1.54, 1.807) is 0 Å². The molecule has 1 amide bonds. The molecule has 0 aliphatic carbocycles. The number of carbonyl (C=O) groups excluding carboxylic acids is 1. The van der Waals surface area contributed by atoms with Crippen LogP contribution >= 0.6 is 11.5 Å². The van der Waals surface area contributed by atoms with Crippen LogP contribution in [0.3, 0.4) is 0 Å². The SMILES string of the molecule is CCCNc1snnc1CN(C)CC(=O)N1CCCC1. The summed E-state index contributed by atoms with van der Waals surface area (Å²) in [7, 11) is 1.96. The lowest BCUT2D eigenvalue weighted by atomic mass is 10.3.